The van der Waals surface area contributed by atoms with Gasteiger partial charge < -0.3 is 15.2 Å². The molecule has 0 amide bonds. The largest absolute Gasteiger partial charge is 0.481 e. The van der Waals surface area contributed by atoms with Gasteiger partial charge in [-0.25, -0.2) is 4.98 Å². The van der Waals surface area contributed by atoms with E-state index in [0.29, 0.717) is 15.9 Å². The molecule has 0 aliphatic carbocycles. The maximum absolute atomic E-state index is 11.4. The number of hydrogen-bond acceptors (Lipinski definition) is 6. The van der Waals surface area contributed by atoms with E-state index in [1.807, 2.05) is 0 Å². The number of carboxylic acid groups (broad SMARTS) is 1. The number of hydrogen-bond donors (Lipinski definition) is 2. The number of aromatic nitrogens is 1. The summed E-state index contributed by atoms with van der Waals surface area (Å²) in [5.41, 5.74) is -0.749. The number of pyridine rings is 1. The lowest BCUT2D eigenvalue weighted by Gasteiger charge is -2.26. The van der Waals surface area contributed by atoms with Gasteiger partial charge in [0.05, 0.1) is 28.7 Å². The van der Waals surface area contributed by atoms with Crippen LogP contribution in [0.4, 0.5) is 11.5 Å². The molecule has 2 rings (SSSR count). The number of anilines is 1. The Hall–Kier alpha value is -1.74. The summed E-state index contributed by atoms with van der Waals surface area (Å²) in [7, 11) is 0. The molecule has 0 aromatic carbocycles. The van der Waals surface area contributed by atoms with E-state index in [9.17, 15) is 20.0 Å². The van der Waals surface area contributed by atoms with Crippen LogP contribution >= 0.6 is 15.9 Å². The summed E-state index contributed by atoms with van der Waals surface area (Å²) in [5, 5.41) is 23.2. The SMILES string of the molecule is Cc1c([N+](=O)[O-])cnc(NC2COCC2(C)C(=O)O)c1Br. The van der Waals surface area contributed by atoms with Gasteiger partial charge >= 0.3 is 5.97 Å². The lowest BCUT2D eigenvalue weighted by molar-refractivity contribution is -0.385. The van der Waals surface area contributed by atoms with Gasteiger partial charge in [0.2, 0.25) is 0 Å². The van der Waals surface area contributed by atoms with E-state index in [4.69, 9.17) is 4.74 Å². The van der Waals surface area contributed by atoms with Crippen LogP contribution in [0.3, 0.4) is 0 Å². The second kappa shape index (κ2) is 5.57. The predicted molar refractivity (Wildman–Crippen MR) is 77.3 cm³/mol. The maximum atomic E-state index is 11.4. The van der Waals surface area contributed by atoms with Gasteiger partial charge in [0.15, 0.2) is 0 Å². The van der Waals surface area contributed by atoms with E-state index < -0.39 is 22.3 Å². The lowest BCUT2D eigenvalue weighted by atomic mass is 9.85. The smallest absolute Gasteiger partial charge is 0.313 e. The van der Waals surface area contributed by atoms with E-state index >= 15 is 0 Å². The molecule has 1 fully saturated rings. The second-order valence-electron chi connectivity index (χ2n) is 5.12. The van der Waals surface area contributed by atoms with Crippen LogP contribution in [0, 0.1) is 22.5 Å². The summed E-state index contributed by atoms with van der Waals surface area (Å²) in [6.07, 6.45) is 1.15. The Kier molecular flexibility index (Phi) is 4.15. The van der Waals surface area contributed by atoms with Gasteiger partial charge in [-0.2, -0.15) is 0 Å². The molecule has 0 spiro atoms. The van der Waals surface area contributed by atoms with Crippen LogP contribution in [-0.4, -0.2) is 40.2 Å². The fourth-order valence-corrected chi connectivity index (χ4v) is 2.52. The molecule has 0 bridgehead atoms. The number of nitrogens with one attached hydrogen (secondary N) is 1. The van der Waals surface area contributed by atoms with Crippen LogP contribution < -0.4 is 5.32 Å². The normalized spacial score (nSPS) is 24.8. The minimum Gasteiger partial charge on any atom is -0.481 e. The summed E-state index contributed by atoms with van der Waals surface area (Å²) in [4.78, 5) is 25.7. The van der Waals surface area contributed by atoms with Crippen LogP contribution in [0.5, 0.6) is 0 Å². The third-order valence-corrected chi connectivity index (χ3v) is 4.66. The van der Waals surface area contributed by atoms with E-state index in [1.54, 1.807) is 13.8 Å². The van der Waals surface area contributed by atoms with Gasteiger partial charge in [-0.1, -0.05) is 0 Å². The number of ether oxygens (including phenoxy) is 1. The van der Waals surface area contributed by atoms with Crippen molar-refractivity contribution in [1.29, 1.82) is 0 Å². The van der Waals surface area contributed by atoms with E-state index in [-0.39, 0.29) is 18.9 Å². The molecule has 2 heterocycles. The van der Waals surface area contributed by atoms with Crippen LogP contribution in [0.1, 0.15) is 12.5 Å². The average molecular weight is 360 g/mol. The number of nitro groups is 1. The van der Waals surface area contributed by atoms with Crippen molar-refractivity contribution in [3.63, 3.8) is 0 Å². The molecular weight excluding hydrogens is 346 g/mol. The highest BCUT2D eigenvalue weighted by molar-refractivity contribution is 9.10. The first-order valence-electron chi connectivity index (χ1n) is 6.14. The predicted octanol–water partition coefficient (Wildman–Crippen LogP) is 1.96. The molecule has 9 heteroatoms. The topological polar surface area (TPSA) is 115 Å². The zero-order valence-corrected chi connectivity index (χ0v) is 13.0. The standard InChI is InChI=1S/C12H14BrN3O5/c1-6-7(16(19)20)3-14-10(9(6)13)15-8-4-21-5-12(8,2)11(17)18/h3,8H,4-5H2,1-2H3,(H,14,15)(H,17,18). The third kappa shape index (κ3) is 2.70. The van der Waals surface area contributed by atoms with Gasteiger partial charge in [-0.3, -0.25) is 14.9 Å². The number of carboxylic acids is 1. The van der Waals surface area contributed by atoms with Gasteiger partial charge in [0.25, 0.3) is 5.69 Å². The number of rotatable bonds is 4. The van der Waals surface area contributed by atoms with Crippen molar-refractivity contribution in [3.8, 4) is 0 Å². The van der Waals surface area contributed by atoms with Crippen LogP contribution in [0.25, 0.3) is 0 Å². The summed E-state index contributed by atoms with van der Waals surface area (Å²) < 4.78 is 5.68. The molecule has 114 valence electrons. The minimum atomic E-state index is -1.07. The van der Waals surface area contributed by atoms with Crippen molar-refractivity contribution in [1.82, 2.24) is 4.98 Å². The Labute approximate surface area is 128 Å². The highest BCUT2D eigenvalue weighted by Crippen LogP contribution is 2.35. The minimum absolute atomic E-state index is 0.101. The fourth-order valence-electron chi connectivity index (χ4n) is 2.10. The maximum Gasteiger partial charge on any atom is 0.313 e. The Morgan fingerprint density at radius 1 is 1.71 bits per heavy atom. The van der Waals surface area contributed by atoms with Crippen molar-refractivity contribution in [2.24, 2.45) is 5.41 Å². The van der Waals surface area contributed by atoms with Crippen molar-refractivity contribution in [2.75, 3.05) is 18.5 Å². The molecule has 2 N–H and O–H groups in total. The van der Waals surface area contributed by atoms with Crippen LogP contribution in [-0.2, 0) is 9.53 Å². The molecule has 1 saturated heterocycles. The molecule has 1 aromatic rings. The molecule has 2 atom stereocenters. The monoisotopic (exact) mass is 359 g/mol. The zero-order valence-electron chi connectivity index (χ0n) is 11.4. The van der Waals surface area contributed by atoms with Gasteiger partial charge in [-0.05, 0) is 29.8 Å². The van der Waals surface area contributed by atoms with Crippen molar-refractivity contribution >= 4 is 33.4 Å². The Morgan fingerprint density at radius 3 is 2.95 bits per heavy atom. The molecule has 1 aliphatic heterocycles. The summed E-state index contributed by atoms with van der Waals surface area (Å²) in [6.45, 7) is 3.51. The lowest BCUT2D eigenvalue weighted by Crippen LogP contribution is -2.43. The molecular formula is C12H14BrN3O5. The van der Waals surface area contributed by atoms with Crippen LogP contribution in [0.2, 0.25) is 0 Å². The second-order valence-corrected chi connectivity index (χ2v) is 5.92. The van der Waals surface area contributed by atoms with Gasteiger partial charge in [-0.15, -0.1) is 0 Å². The number of carbonyl (C=O) groups is 1. The molecule has 0 saturated carbocycles. The quantitative estimate of drug-likeness (QED) is 0.623. The first-order chi connectivity index (χ1) is 9.77. The first-order valence-corrected chi connectivity index (χ1v) is 6.94. The third-order valence-electron chi connectivity index (χ3n) is 3.69. The van der Waals surface area contributed by atoms with E-state index in [0.717, 1.165) is 6.20 Å². The van der Waals surface area contributed by atoms with E-state index in [2.05, 4.69) is 26.2 Å². The average Bonchev–Trinajstić information content (AvgIpc) is 2.77. The molecule has 1 aromatic heterocycles. The highest BCUT2D eigenvalue weighted by atomic mass is 79.9. The van der Waals surface area contributed by atoms with Crippen molar-refractivity contribution in [3.05, 3.63) is 26.3 Å². The molecule has 21 heavy (non-hydrogen) atoms. The van der Waals surface area contributed by atoms with Crippen molar-refractivity contribution < 1.29 is 19.6 Å². The number of aliphatic carboxylic acids is 1. The Bertz CT molecular complexity index is 609. The molecule has 0 radical (unpaired) electrons. The fraction of sp³-hybridized carbons (Fsp3) is 0.500. The van der Waals surface area contributed by atoms with E-state index in [1.165, 1.54) is 0 Å². The zero-order chi connectivity index (χ0) is 15.8. The Balaban J connectivity index is 2.31. The highest BCUT2D eigenvalue weighted by Gasteiger charge is 2.47. The molecule has 1 aliphatic rings. The summed E-state index contributed by atoms with van der Waals surface area (Å²) >= 11 is 3.26. The Morgan fingerprint density at radius 2 is 2.38 bits per heavy atom. The van der Waals surface area contributed by atoms with Gasteiger partial charge in [0.1, 0.15) is 17.4 Å². The molecule has 8 nitrogen and oxygen atoms in total. The van der Waals surface area contributed by atoms with Gasteiger partial charge in [0, 0.05) is 5.56 Å². The summed E-state index contributed by atoms with van der Waals surface area (Å²) in [5.74, 6) is -0.603. The number of halogens is 1. The molecule has 2 unspecified atom stereocenters. The number of nitrogens with zero attached hydrogens (tertiary/aromatic N) is 2. The first kappa shape index (κ1) is 15.6. The van der Waals surface area contributed by atoms with Crippen LogP contribution in [0.15, 0.2) is 10.7 Å². The summed E-state index contributed by atoms with van der Waals surface area (Å²) in [6, 6.07) is -0.473. The van der Waals surface area contributed by atoms with Crippen molar-refractivity contribution in [2.45, 2.75) is 19.9 Å².